The summed E-state index contributed by atoms with van der Waals surface area (Å²) in [6.07, 6.45) is 0.0309. The smallest absolute Gasteiger partial charge is 0.267 e. The topological polar surface area (TPSA) is 35.0 Å². The number of hydrogen-bond donors (Lipinski definition) is 0. The third kappa shape index (κ3) is 4.98. The summed E-state index contributed by atoms with van der Waals surface area (Å²) >= 11 is 0. The maximum absolute atomic E-state index is 13.4. The summed E-state index contributed by atoms with van der Waals surface area (Å²) < 4.78 is 32.5. The molecule has 2 aromatic rings. The van der Waals surface area contributed by atoms with Gasteiger partial charge in [-0.05, 0) is 49.4 Å². The molecule has 0 fully saturated rings. The van der Waals surface area contributed by atoms with Crippen LogP contribution in [0.2, 0.25) is 0 Å². The third-order valence-electron chi connectivity index (χ3n) is 3.71. The molecule has 0 saturated heterocycles. The van der Waals surface area contributed by atoms with Crippen LogP contribution in [0.3, 0.4) is 0 Å². The Morgan fingerprint density at radius 2 is 1.88 bits per heavy atom. The summed E-state index contributed by atoms with van der Waals surface area (Å²) in [5.74, 6) is 1.73. The van der Waals surface area contributed by atoms with Crippen molar-refractivity contribution in [3.05, 3.63) is 41.9 Å². The molecule has 24 heavy (non-hydrogen) atoms. The second-order valence-electron chi connectivity index (χ2n) is 6.59. The quantitative estimate of drug-likeness (QED) is 0.675. The molecule has 0 N–H and O–H groups in total. The van der Waals surface area contributed by atoms with Crippen LogP contribution in [0.1, 0.15) is 45.0 Å². The van der Waals surface area contributed by atoms with E-state index in [0.29, 0.717) is 35.5 Å². The Kier molecular flexibility index (Phi) is 6.23. The van der Waals surface area contributed by atoms with Gasteiger partial charge in [0.1, 0.15) is 11.6 Å². The molecule has 1 aromatic heterocycles. The summed E-state index contributed by atoms with van der Waals surface area (Å²) in [5, 5.41) is 0. The van der Waals surface area contributed by atoms with Crippen molar-refractivity contribution in [2.24, 2.45) is 11.8 Å². The van der Waals surface area contributed by atoms with Crippen molar-refractivity contribution in [3.8, 4) is 17.0 Å². The zero-order valence-electron chi connectivity index (χ0n) is 14.6. The van der Waals surface area contributed by atoms with Gasteiger partial charge in [-0.3, -0.25) is 0 Å². The number of benzene rings is 1. The molecule has 0 radical (unpaired) electrons. The zero-order valence-corrected chi connectivity index (χ0v) is 14.6. The van der Waals surface area contributed by atoms with Crippen LogP contribution in [0.25, 0.3) is 11.3 Å². The molecular formula is C19H24F2N2O. The minimum absolute atomic E-state index is 0.0967. The molecule has 0 aliphatic carbocycles. The summed E-state index contributed by atoms with van der Waals surface area (Å²) in [7, 11) is 0. The van der Waals surface area contributed by atoms with Gasteiger partial charge < -0.3 is 4.74 Å². The van der Waals surface area contributed by atoms with Crippen molar-refractivity contribution in [1.29, 1.82) is 0 Å². The van der Waals surface area contributed by atoms with Gasteiger partial charge in [-0.2, -0.15) is 0 Å². The monoisotopic (exact) mass is 334 g/mol. The fourth-order valence-electron chi connectivity index (χ4n) is 2.73. The van der Waals surface area contributed by atoms with E-state index in [1.807, 2.05) is 0 Å². The molecule has 0 spiro atoms. The second-order valence-corrected chi connectivity index (χ2v) is 6.59. The molecule has 3 nitrogen and oxygen atoms in total. The van der Waals surface area contributed by atoms with Crippen LogP contribution >= 0.6 is 0 Å². The molecule has 0 aliphatic heterocycles. The summed E-state index contributed by atoms with van der Waals surface area (Å²) in [4.78, 5) is 8.31. The third-order valence-corrected chi connectivity index (χ3v) is 3.71. The highest BCUT2D eigenvalue weighted by Gasteiger charge is 2.17. The lowest BCUT2D eigenvalue weighted by molar-refractivity contribution is 0.142. The molecule has 2 rings (SSSR count). The zero-order chi connectivity index (χ0) is 17.7. The largest absolute Gasteiger partial charge is 0.493 e. The van der Waals surface area contributed by atoms with Crippen molar-refractivity contribution < 1.29 is 13.5 Å². The molecular weight excluding hydrogens is 310 g/mol. The first kappa shape index (κ1) is 18.3. The van der Waals surface area contributed by atoms with Gasteiger partial charge in [0.2, 0.25) is 0 Å². The number of alkyl halides is 2. The van der Waals surface area contributed by atoms with Crippen LogP contribution in [-0.4, -0.2) is 16.6 Å². The van der Waals surface area contributed by atoms with Crippen LogP contribution in [-0.2, 0) is 0 Å². The van der Waals surface area contributed by atoms with E-state index >= 15 is 0 Å². The molecule has 5 heteroatoms. The van der Waals surface area contributed by atoms with Crippen LogP contribution in [0.5, 0.6) is 5.75 Å². The maximum atomic E-state index is 13.4. The molecule has 0 aliphatic rings. The summed E-state index contributed by atoms with van der Waals surface area (Å²) in [6, 6.07) is 6.53. The SMILES string of the molecule is Cc1nccc(-c2ccc(OC[C@@H](C)CC(C)C)c(C(F)F)c2)n1. The van der Waals surface area contributed by atoms with Crippen molar-refractivity contribution in [3.63, 3.8) is 0 Å². The molecule has 0 bridgehead atoms. The molecule has 130 valence electrons. The Hall–Kier alpha value is -2.04. The second kappa shape index (κ2) is 8.18. The van der Waals surface area contributed by atoms with Crippen LogP contribution < -0.4 is 4.74 Å². The highest BCUT2D eigenvalue weighted by Crippen LogP contribution is 2.33. The van der Waals surface area contributed by atoms with Crippen molar-refractivity contribution in [1.82, 2.24) is 9.97 Å². The number of halogens is 2. The molecule has 0 amide bonds. The van der Waals surface area contributed by atoms with Gasteiger partial charge in [-0.1, -0.05) is 20.8 Å². The molecule has 1 aromatic carbocycles. The van der Waals surface area contributed by atoms with E-state index < -0.39 is 6.43 Å². The predicted molar refractivity (Wildman–Crippen MR) is 91.3 cm³/mol. The van der Waals surface area contributed by atoms with Gasteiger partial charge in [0.25, 0.3) is 6.43 Å². The van der Waals surface area contributed by atoms with Crippen molar-refractivity contribution in [2.45, 2.75) is 40.5 Å². The number of aryl methyl sites for hydroxylation is 1. The highest BCUT2D eigenvalue weighted by atomic mass is 19.3. The maximum Gasteiger partial charge on any atom is 0.267 e. The first-order valence-electron chi connectivity index (χ1n) is 8.21. The fraction of sp³-hybridized carbons (Fsp3) is 0.474. The number of hydrogen-bond acceptors (Lipinski definition) is 3. The molecule has 1 heterocycles. The molecule has 0 unspecified atom stereocenters. The lowest BCUT2D eigenvalue weighted by Crippen LogP contribution is -2.12. The average Bonchev–Trinajstić information content (AvgIpc) is 2.52. The first-order valence-corrected chi connectivity index (χ1v) is 8.21. The van der Waals surface area contributed by atoms with Gasteiger partial charge >= 0.3 is 0 Å². The van der Waals surface area contributed by atoms with Crippen LogP contribution in [0.15, 0.2) is 30.5 Å². The molecule has 0 saturated carbocycles. The van der Waals surface area contributed by atoms with Crippen LogP contribution in [0, 0.1) is 18.8 Å². The first-order chi connectivity index (χ1) is 11.4. The van der Waals surface area contributed by atoms with Gasteiger partial charge in [0, 0.05) is 11.8 Å². The number of ether oxygens (including phenoxy) is 1. The Bertz CT molecular complexity index is 674. The van der Waals surface area contributed by atoms with E-state index in [1.54, 1.807) is 31.3 Å². The van der Waals surface area contributed by atoms with E-state index in [2.05, 4.69) is 30.7 Å². The minimum atomic E-state index is -2.59. The van der Waals surface area contributed by atoms with E-state index in [1.165, 1.54) is 6.07 Å². The van der Waals surface area contributed by atoms with E-state index in [9.17, 15) is 8.78 Å². The van der Waals surface area contributed by atoms with E-state index in [4.69, 9.17) is 4.74 Å². The van der Waals surface area contributed by atoms with Gasteiger partial charge in [0.15, 0.2) is 0 Å². The standard InChI is InChI=1S/C19H24F2N2O/c1-12(2)9-13(3)11-24-18-6-5-15(10-16(18)19(20)21)17-7-8-22-14(4)23-17/h5-8,10,12-13,19H,9,11H2,1-4H3/t13-/m0/s1. The summed E-state index contributed by atoms with van der Waals surface area (Å²) in [5.41, 5.74) is 1.17. The van der Waals surface area contributed by atoms with E-state index in [0.717, 1.165) is 6.42 Å². The van der Waals surface area contributed by atoms with E-state index in [-0.39, 0.29) is 11.3 Å². The Labute approximate surface area is 142 Å². The normalized spacial score (nSPS) is 12.7. The van der Waals surface area contributed by atoms with Gasteiger partial charge in [-0.15, -0.1) is 0 Å². The highest BCUT2D eigenvalue weighted by molar-refractivity contribution is 5.62. The Balaban J connectivity index is 2.21. The lowest BCUT2D eigenvalue weighted by atomic mass is 10.00. The number of aromatic nitrogens is 2. The Morgan fingerprint density at radius 3 is 2.50 bits per heavy atom. The van der Waals surface area contributed by atoms with Crippen molar-refractivity contribution >= 4 is 0 Å². The summed E-state index contributed by atoms with van der Waals surface area (Å²) in [6.45, 7) is 8.55. The number of rotatable bonds is 7. The van der Waals surface area contributed by atoms with Gasteiger partial charge in [0.05, 0.1) is 17.9 Å². The predicted octanol–water partition coefficient (Wildman–Crippen LogP) is 5.45. The molecule has 1 atom stereocenters. The Morgan fingerprint density at radius 1 is 1.12 bits per heavy atom. The van der Waals surface area contributed by atoms with Gasteiger partial charge in [-0.25, -0.2) is 18.7 Å². The van der Waals surface area contributed by atoms with Crippen molar-refractivity contribution in [2.75, 3.05) is 6.61 Å². The van der Waals surface area contributed by atoms with Crippen LogP contribution in [0.4, 0.5) is 8.78 Å². The minimum Gasteiger partial charge on any atom is -0.493 e. The average molecular weight is 334 g/mol. The number of nitrogens with zero attached hydrogens (tertiary/aromatic N) is 2. The lowest BCUT2D eigenvalue weighted by Gasteiger charge is -2.17. The fourth-order valence-corrected chi connectivity index (χ4v) is 2.73.